The molecular weight excluding hydrogens is 335 g/mol. The second-order valence-corrected chi connectivity index (χ2v) is 7.53. The fourth-order valence-corrected chi connectivity index (χ4v) is 4.93. The first-order chi connectivity index (χ1) is 10.6. The second-order valence-electron chi connectivity index (χ2n) is 6.48. The molecule has 2 N–H and O–H groups in total. The Balaban J connectivity index is 0.00000156. The van der Waals surface area contributed by atoms with Crippen molar-refractivity contribution in [1.29, 1.82) is 0 Å². The molecule has 6 heteroatoms. The Morgan fingerprint density at radius 3 is 2.70 bits per heavy atom. The predicted octanol–water partition coefficient (Wildman–Crippen LogP) is 3.78. The van der Waals surface area contributed by atoms with Crippen LogP contribution < -0.4 is 10.6 Å². The van der Waals surface area contributed by atoms with E-state index < -0.39 is 0 Å². The van der Waals surface area contributed by atoms with Crippen molar-refractivity contribution in [3.8, 4) is 0 Å². The Bertz CT molecular complexity index is 736. The summed E-state index contributed by atoms with van der Waals surface area (Å²) in [7, 11) is 0. The lowest BCUT2D eigenvalue weighted by atomic mass is 9.99. The van der Waals surface area contributed by atoms with Crippen LogP contribution in [0.3, 0.4) is 0 Å². The zero-order valence-electron chi connectivity index (χ0n) is 12.9. The number of fused-ring (bicyclic) bond motifs is 3. The maximum atomic E-state index is 13.4. The molecule has 2 atom stereocenters. The normalized spacial score (nSPS) is 26.1. The summed E-state index contributed by atoms with van der Waals surface area (Å²) in [5, 5.41) is 7.62. The maximum Gasteiger partial charge on any atom is 0.261 e. The molecule has 2 aromatic rings. The van der Waals surface area contributed by atoms with Crippen molar-refractivity contribution < 1.29 is 9.18 Å². The van der Waals surface area contributed by atoms with E-state index in [1.54, 1.807) is 6.07 Å². The Kier molecular flexibility index (Phi) is 4.63. The topological polar surface area (TPSA) is 41.1 Å². The van der Waals surface area contributed by atoms with Crippen LogP contribution in [-0.2, 0) is 0 Å². The molecule has 2 aliphatic rings. The van der Waals surface area contributed by atoms with Gasteiger partial charge in [0.1, 0.15) is 5.82 Å². The molecule has 124 valence electrons. The Morgan fingerprint density at radius 2 is 2.00 bits per heavy atom. The number of carbonyl (C=O) groups is 1. The first-order valence-corrected chi connectivity index (χ1v) is 8.67. The van der Waals surface area contributed by atoms with Crippen LogP contribution in [0, 0.1) is 12.7 Å². The number of hydrogen-bond acceptors (Lipinski definition) is 3. The molecule has 0 radical (unpaired) electrons. The highest BCUT2D eigenvalue weighted by Gasteiger charge is 2.34. The van der Waals surface area contributed by atoms with Crippen molar-refractivity contribution in [1.82, 2.24) is 10.6 Å². The Morgan fingerprint density at radius 1 is 1.30 bits per heavy atom. The van der Waals surface area contributed by atoms with Gasteiger partial charge in [-0.1, -0.05) is 0 Å². The summed E-state index contributed by atoms with van der Waals surface area (Å²) in [6.45, 7) is 1.90. The molecule has 3 heterocycles. The van der Waals surface area contributed by atoms with E-state index in [9.17, 15) is 9.18 Å². The van der Waals surface area contributed by atoms with E-state index in [-0.39, 0.29) is 30.2 Å². The molecular formula is C17H20ClFN2OS. The molecule has 2 unspecified atom stereocenters. The summed E-state index contributed by atoms with van der Waals surface area (Å²) >= 11 is 1.45. The van der Waals surface area contributed by atoms with Crippen LogP contribution in [0.5, 0.6) is 0 Å². The maximum absolute atomic E-state index is 13.4. The van der Waals surface area contributed by atoms with Gasteiger partial charge in [0.2, 0.25) is 0 Å². The Hall–Kier alpha value is -1.17. The van der Waals surface area contributed by atoms with Crippen LogP contribution in [-0.4, -0.2) is 24.0 Å². The number of aryl methyl sites for hydroxylation is 1. The molecule has 4 rings (SSSR count). The summed E-state index contributed by atoms with van der Waals surface area (Å²) in [5.41, 5.74) is 0.883. The van der Waals surface area contributed by atoms with Crippen LogP contribution in [0.4, 0.5) is 4.39 Å². The van der Waals surface area contributed by atoms with Crippen LogP contribution in [0.25, 0.3) is 10.1 Å². The van der Waals surface area contributed by atoms with Crippen LogP contribution in [0.1, 0.15) is 40.9 Å². The lowest BCUT2D eigenvalue weighted by Gasteiger charge is -2.29. The lowest BCUT2D eigenvalue weighted by molar-refractivity contribution is 0.0927. The number of piperidine rings is 1. The number of rotatable bonds is 2. The lowest BCUT2D eigenvalue weighted by Crippen LogP contribution is -2.47. The fourth-order valence-electron chi connectivity index (χ4n) is 3.84. The molecule has 1 amide bonds. The summed E-state index contributed by atoms with van der Waals surface area (Å²) in [6, 6.07) is 6.09. The zero-order chi connectivity index (χ0) is 15.3. The van der Waals surface area contributed by atoms with Gasteiger partial charge in [-0.2, -0.15) is 0 Å². The third kappa shape index (κ3) is 3.10. The third-order valence-corrected chi connectivity index (χ3v) is 6.18. The number of hydrogen-bond donors (Lipinski definition) is 2. The van der Waals surface area contributed by atoms with Gasteiger partial charge in [0.05, 0.1) is 4.88 Å². The summed E-state index contributed by atoms with van der Waals surface area (Å²) in [6.07, 6.45) is 4.47. The SMILES string of the molecule is Cc1c(C(=O)NC2CC3CCC(C2)N3)sc2ccc(F)cc12.Cl. The molecule has 2 saturated heterocycles. The monoisotopic (exact) mass is 354 g/mol. The average Bonchev–Trinajstić information content (AvgIpc) is 2.99. The van der Waals surface area contributed by atoms with Gasteiger partial charge in [-0.3, -0.25) is 4.79 Å². The molecule has 1 aromatic heterocycles. The first-order valence-electron chi connectivity index (χ1n) is 7.85. The number of amides is 1. The minimum absolute atomic E-state index is 0. The number of benzene rings is 1. The van der Waals surface area contributed by atoms with Crippen molar-refractivity contribution in [2.45, 2.75) is 50.7 Å². The molecule has 0 saturated carbocycles. The Labute approximate surface area is 145 Å². The quantitative estimate of drug-likeness (QED) is 0.861. The van der Waals surface area contributed by atoms with Crippen molar-refractivity contribution in [2.75, 3.05) is 0 Å². The number of halogens is 2. The minimum atomic E-state index is -0.254. The molecule has 2 bridgehead atoms. The summed E-state index contributed by atoms with van der Waals surface area (Å²) in [4.78, 5) is 13.3. The van der Waals surface area contributed by atoms with E-state index in [1.807, 2.05) is 6.92 Å². The number of nitrogens with one attached hydrogen (secondary N) is 2. The van der Waals surface area contributed by atoms with Crippen molar-refractivity contribution in [3.63, 3.8) is 0 Å². The van der Waals surface area contributed by atoms with Crippen molar-refractivity contribution in [2.24, 2.45) is 0 Å². The molecule has 2 fully saturated rings. The standard InChI is InChI=1S/C17H19FN2OS.ClH/c1-9-14-6-10(18)2-5-15(14)22-16(9)17(21)20-13-7-11-3-4-12(8-13)19-11;/h2,5-6,11-13,19H,3-4,7-8H2,1H3,(H,20,21);1H. The highest BCUT2D eigenvalue weighted by atomic mass is 35.5. The van der Waals surface area contributed by atoms with Crippen molar-refractivity contribution >= 4 is 39.7 Å². The van der Waals surface area contributed by atoms with Gasteiger partial charge in [-0.15, -0.1) is 23.7 Å². The van der Waals surface area contributed by atoms with Gasteiger partial charge in [0.15, 0.2) is 0 Å². The van der Waals surface area contributed by atoms with E-state index in [1.165, 1.54) is 36.3 Å². The molecule has 3 nitrogen and oxygen atoms in total. The zero-order valence-corrected chi connectivity index (χ0v) is 14.5. The smallest absolute Gasteiger partial charge is 0.261 e. The highest BCUT2D eigenvalue weighted by molar-refractivity contribution is 7.21. The van der Waals surface area contributed by atoms with E-state index in [2.05, 4.69) is 10.6 Å². The van der Waals surface area contributed by atoms with Gasteiger partial charge in [-0.25, -0.2) is 4.39 Å². The predicted molar refractivity (Wildman–Crippen MR) is 94.2 cm³/mol. The fraction of sp³-hybridized carbons (Fsp3) is 0.471. The van der Waals surface area contributed by atoms with E-state index in [4.69, 9.17) is 0 Å². The number of carbonyl (C=O) groups excluding carboxylic acids is 1. The molecule has 0 spiro atoms. The van der Waals surface area contributed by atoms with Gasteiger partial charge in [0, 0.05) is 22.8 Å². The average molecular weight is 355 g/mol. The second kappa shape index (κ2) is 6.38. The largest absolute Gasteiger partial charge is 0.348 e. The third-order valence-electron chi connectivity index (χ3n) is 4.91. The van der Waals surface area contributed by atoms with Gasteiger partial charge in [0.25, 0.3) is 5.91 Å². The van der Waals surface area contributed by atoms with E-state index >= 15 is 0 Å². The van der Waals surface area contributed by atoms with Crippen LogP contribution in [0.2, 0.25) is 0 Å². The van der Waals surface area contributed by atoms with Crippen LogP contribution >= 0.6 is 23.7 Å². The van der Waals surface area contributed by atoms with Gasteiger partial charge >= 0.3 is 0 Å². The first kappa shape index (κ1) is 16.7. The van der Waals surface area contributed by atoms with Gasteiger partial charge in [-0.05, 0) is 61.8 Å². The molecule has 1 aromatic carbocycles. The summed E-state index contributed by atoms with van der Waals surface area (Å²) < 4.78 is 14.4. The van der Waals surface area contributed by atoms with Crippen molar-refractivity contribution in [3.05, 3.63) is 34.5 Å². The number of thiophene rings is 1. The highest BCUT2D eigenvalue weighted by Crippen LogP contribution is 2.32. The van der Waals surface area contributed by atoms with E-state index in [0.29, 0.717) is 17.0 Å². The molecule has 2 aliphatic heterocycles. The van der Waals surface area contributed by atoms with E-state index in [0.717, 1.165) is 28.5 Å². The van der Waals surface area contributed by atoms with Crippen LogP contribution in [0.15, 0.2) is 18.2 Å². The summed E-state index contributed by atoms with van der Waals surface area (Å²) in [5.74, 6) is -0.263. The molecule has 0 aliphatic carbocycles. The van der Waals surface area contributed by atoms with Gasteiger partial charge < -0.3 is 10.6 Å². The molecule has 23 heavy (non-hydrogen) atoms. The minimum Gasteiger partial charge on any atom is -0.348 e.